The van der Waals surface area contributed by atoms with Gasteiger partial charge in [0.05, 0.1) is 6.61 Å². The molecule has 0 fully saturated rings. The molecule has 1 aliphatic rings. The van der Waals surface area contributed by atoms with E-state index in [4.69, 9.17) is 16.3 Å². The molecule has 2 rings (SSSR count). The molecule has 18 heavy (non-hydrogen) atoms. The van der Waals surface area contributed by atoms with Gasteiger partial charge in [0.25, 0.3) is 0 Å². The molecule has 1 aromatic carbocycles. The zero-order chi connectivity index (χ0) is 12.8. The Morgan fingerprint density at radius 1 is 1.39 bits per heavy atom. The Kier molecular flexibility index (Phi) is 5.48. The molecule has 3 heteroatoms. The topological polar surface area (TPSA) is 21.3 Å². The van der Waals surface area contributed by atoms with E-state index in [0.29, 0.717) is 6.04 Å². The Balaban J connectivity index is 1.73. The van der Waals surface area contributed by atoms with Crippen molar-refractivity contribution in [2.45, 2.75) is 38.6 Å². The minimum Gasteiger partial charge on any atom is -0.380 e. The average molecular weight is 268 g/mol. The van der Waals surface area contributed by atoms with Crippen molar-refractivity contribution < 1.29 is 4.74 Å². The van der Waals surface area contributed by atoms with Gasteiger partial charge in [-0.2, -0.15) is 0 Å². The molecule has 2 nitrogen and oxygen atoms in total. The van der Waals surface area contributed by atoms with Crippen LogP contribution in [0.15, 0.2) is 18.2 Å². The predicted octanol–water partition coefficient (Wildman–Crippen LogP) is 3.73. The number of aryl methyl sites for hydroxylation is 1. The quantitative estimate of drug-likeness (QED) is 0.760. The number of rotatable bonds is 7. The Hall–Kier alpha value is -0.570. The Morgan fingerprint density at radius 2 is 2.28 bits per heavy atom. The Morgan fingerprint density at radius 3 is 3.11 bits per heavy atom. The first kappa shape index (κ1) is 13.9. The fourth-order valence-electron chi connectivity index (χ4n) is 2.45. The molecule has 0 bridgehead atoms. The Labute approximate surface area is 115 Å². The minimum atomic E-state index is 0.479. The number of ether oxygens (including phenoxy) is 1. The molecular formula is C15H22ClNO. The van der Waals surface area contributed by atoms with Crippen molar-refractivity contribution in [3.8, 4) is 0 Å². The summed E-state index contributed by atoms with van der Waals surface area (Å²) in [5, 5.41) is 4.41. The Bertz CT molecular complexity index is 381. The van der Waals surface area contributed by atoms with Gasteiger partial charge in [0.2, 0.25) is 0 Å². The van der Waals surface area contributed by atoms with Gasteiger partial charge in [-0.3, -0.25) is 0 Å². The summed E-state index contributed by atoms with van der Waals surface area (Å²) >= 11 is 6.01. The highest BCUT2D eigenvalue weighted by molar-refractivity contribution is 6.30. The van der Waals surface area contributed by atoms with E-state index >= 15 is 0 Å². The molecule has 0 heterocycles. The standard InChI is InChI=1S/C15H22ClNO/c1-2-3-9-18-10-8-17-15-7-4-12-11-13(16)5-6-14(12)15/h5-6,11,15,17H,2-4,7-10H2,1H3. The van der Waals surface area contributed by atoms with Crippen LogP contribution >= 0.6 is 11.6 Å². The van der Waals surface area contributed by atoms with Gasteiger partial charge >= 0.3 is 0 Å². The molecule has 1 unspecified atom stereocenters. The summed E-state index contributed by atoms with van der Waals surface area (Å²) in [5.74, 6) is 0. The zero-order valence-electron chi connectivity index (χ0n) is 11.0. The lowest BCUT2D eigenvalue weighted by Crippen LogP contribution is -2.23. The van der Waals surface area contributed by atoms with E-state index in [2.05, 4.69) is 24.4 Å². The van der Waals surface area contributed by atoms with Crippen LogP contribution in [0, 0.1) is 0 Å². The van der Waals surface area contributed by atoms with E-state index in [1.807, 2.05) is 6.07 Å². The van der Waals surface area contributed by atoms with Crippen molar-refractivity contribution >= 4 is 11.6 Å². The van der Waals surface area contributed by atoms with E-state index in [-0.39, 0.29) is 0 Å². The van der Waals surface area contributed by atoms with Crippen LogP contribution in [0.5, 0.6) is 0 Å². The maximum absolute atomic E-state index is 6.01. The van der Waals surface area contributed by atoms with E-state index < -0.39 is 0 Å². The van der Waals surface area contributed by atoms with Crippen LogP contribution < -0.4 is 5.32 Å². The van der Waals surface area contributed by atoms with Gasteiger partial charge in [-0.15, -0.1) is 0 Å². The first-order chi connectivity index (χ1) is 8.81. The molecule has 0 spiro atoms. The molecule has 1 atom stereocenters. The fraction of sp³-hybridized carbons (Fsp3) is 0.600. The molecule has 0 aliphatic heterocycles. The van der Waals surface area contributed by atoms with Crippen molar-refractivity contribution in [3.05, 3.63) is 34.3 Å². The van der Waals surface area contributed by atoms with Crippen LogP contribution in [-0.4, -0.2) is 19.8 Å². The molecule has 0 saturated carbocycles. The van der Waals surface area contributed by atoms with Gasteiger partial charge in [-0.25, -0.2) is 0 Å². The largest absolute Gasteiger partial charge is 0.380 e. The molecule has 0 saturated heterocycles. The molecule has 1 aliphatic carbocycles. The summed E-state index contributed by atoms with van der Waals surface area (Å²) in [6.45, 7) is 4.80. The highest BCUT2D eigenvalue weighted by Gasteiger charge is 2.21. The van der Waals surface area contributed by atoms with Gasteiger partial charge in [-0.1, -0.05) is 31.0 Å². The second kappa shape index (κ2) is 7.13. The third kappa shape index (κ3) is 3.71. The van der Waals surface area contributed by atoms with Crippen molar-refractivity contribution in [1.29, 1.82) is 0 Å². The number of benzene rings is 1. The van der Waals surface area contributed by atoms with Crippen LogP contribution in [0.1, 0.15) is 43.4 Å². The number of nitrogens with one attached hydrogen (secondary N) is 1. The summed E-state index contributed by atoms with van der Waals surface area (Å²) in [5.41, 5.74) is 2.81. The van der Waals surface area contributed by atoms with Gasteiger partial charge in [-0.05, 0) is 42.5 Å². The first-order valence-corrected chi connectivity index (χ1v) is 7.28. The van der Waals surface area contributed by atoms with Crippen LogP contribution in [0.4, 0.5) is 0 Å². The lowest BCUT2D eigenvalue weighted by Gasteiger charge is -2.14. The molecule has 1 N–H and O–H groups in total. The minimum absolute atomic E-state index is 0.479. The van der Waals surface area contributed by atoms with Crippen molar-refractivity contribution in [2.24, 2.45) is 0 Å². The van der Waals surface area contributed by atoms with E-state index in [9.17, 15) is 0 Å². The van der Waals surface area contributed by atoms with Gasteiger partial charge in [0, 0.05) is 24.2 Å². The monoisotopic (exact) mass is 267 g/mol. The highest BCUT2D eigenvalue weighted by atomic mass is 35.5. The molecule has 0 radical (unpaired) electrons. The number of unbranched alkanes of at least 4 members (excludes halogenated alkanes) is 1. The first-order valence-electron chi connectivity index (χ1n) is 6.90. The maximum Gasteiger partial charge on any atom is 0.0591 e. The molecule has 1 aromatic rings. The third-order valence-electron chi connectivity index (χ3n) is 3.46. The van der Waals surface area contributed by atoms with Gasteiger partial charge < -0.3 is 10.1 Å². The van der Waals surface area contributed by atoms with Gasteiger partial charge in [0.15, 0.2) is 0 Å². The second-order valence-electron chi connectivity index (χ2n) is 4.85. The van der Waals surface area contributed by atoms with E-state index in [0.717, 1.165) is 37.6 Å². The fourth-order valence-corrected chi connectivity index (χ4v) is 2.65. The maximum atomic E-state index is 6.01. The molecular weight excluding hydrogens is 246 g/mol. The second-order valence-corrected chi connectivity index (χ2v) is 5.29. The number of halogens is 1. The smallest absolute Gasteiger partial charge is 0.0591 e. The molecule has 100 valence electrons. The van der Waals surface area contributed by atoms with Crippen molar-refractivity contribution in [2.75, 3.05) is 19.8 Å². The van der Waals surface area contributed by atoms with Crippen LogP contribution in [0.25, 0.3) is 0 Å². The van der Waals surface area contributed by atoms with Crippen LogP contribution in [-0.2, 0) is 11.2 Å². The summed E-state index contributed by atoms with van der Waals surface area (Å²) < 4.78 is 5.56. The number of hydrogen-bond acceptors (Lipinski definition) is 2. The predicted molar refractivity (Wildman–Crippen MR) is 76.2 cm³/mol. The average Bonchev–Trinajstić information content (AvgIpc) is 2.76. The van der Waals surface area contributed by atoms with Crippen molar-refractivity contribution in [1.82, 2.24) is 5.32 Å². The van der Waals surface area contributed by atoms with Crippen molar-refractivity contribution in [3.63, 3.8) is 0 Å². The zero-order valence-corrected chi connectivity index (χ0v) is 11.8. The lowest BCUT2D eigenvalue weighted by atomic mass is 10.1. The highest BCUT2D eigenvalue weighted by Crippen LogP contribution is 2.32. The molecule has 0 aromatic heterocycles. The number of fused-ring (bicyclic) bond motifs is 1. The normalized spacial score (nSPS) is 18.0. The summed E-state index contributed by atoms with van der Waals surface area (Å²) in [6, 6.07) is 6.71. The van der Waals surface area contributed by atoms with Crippen LogP contribution in [0.2, 0.25) is 5.02 Å². The summed E-state index contributed by atoms with van der Waals surface area (Å²) in [6.07, 6.45) is 4.66. The van der Waals surface area contributed by atoms with Crippen LogP contribution in [0.3, 0.4) is 0 Å². The number of hydrogen-bond donors (Lipinski definition) is 1. The van der Waals surface area contributed by atoms with E-state index in [1.165, 1.54) is 24.0 Å². The third-order valence-corrected chi connectivity index (χ3v) is 3.70. The summed E-state index contributed by atoms with van der Waals surface area (Å²) in [7, 11) is 0. The summed E-state index contributed by atoms with van der Waals surface area (Å²) in [4.78, 5) is 0. The molecule has 0 amide bonds. The van der Waals surface area contributed by atoms with E-state index in [1.54, 1.807) is 0 Å². The van der Waals surface area contributed by atoms with Gasteiger partial charge in [0.1, 0.15) is 0 Å². The lowest BCUT2D eigenvalue weighted by molar-refractivity contribution is 0.131. The SMILES string of the molecule is CCCCOCCNC1CCc2cc(Cl)ccc21.